The highest BCUT2D eigenvalue weighted by atomic mass is 35.5. The van der Waals surface area contributed by atoms with Crippen LogP contribution in [0.25, 0.3) is 22.6 Å². The normalized spacial score (nSPS) is 11.2. The van der Waals surface area contributed by atoms with E-state index in [1.54, 1.807) is 50.4 Å². The number of hydrogen-bond donors (Lipinski definition) is 0. The van der Waals surface area contributed by atoms with Gasteiger partial charge in [0.1, 0.15) is 29.6 Å². The number of aryl methyl sites for hydroxylation is 2. The number of rotatable bonds is 5. The van der Waals surface area contributed by atoms with Gasteiger partial charge in [-0.2, -0.15) is 5.10 Å². The SMILES string of the molecule is Cc1nc2c(OCc3ccc(Cl)cc3)cccn2c(=O)c1-c1cc(C)n(-c2cc(F)ccc2F)n1. The first-order valence-electron chi connectivity index (χ1n) is 10.7. The molecule has 0 bridgehead atoms. The third-order valence-electron chi connectivity index (χ3n) is 5.59. The van der Waals surface area contributed by atoms with E-state index in [0.29, 0.717) is 33.5 Å². The zero-order valence-corrected chi connectivity index (χ0v) is 19.6. The molecule has 0 unspecified atom stereocenters. The Morgan fingerprint density at radius 3 is 2.57 bits per heavy atom. The zero-order chi connectivity index (χ0) is 24.7. The molecular weight excluding hydrogens is 474 g/mol. The van der Waals surface area contributed by atoms with Crippen molar-refractivity contribution < 1.29 is 13.5 Å². The maximum Gasteiger partial charge on any atom is 0.267 e. The maximum absolute atomic E-state index is 14.3. The Kier molecular flexibility index (Phi) is 5.82. The first kappa shape index (κ1) is 22.7. The lowest BCUT2D eigenvalue weighted by molar-refractivity contribution is 0.308. The van der Waals surface area contributed by atoms with Gasteiger partial charge in [0.2, 0.25) is 0 Å². The van der Waals surface area contributed by atoms with Crippen molar-refractivity contribution in [3.63, 3.8) is 0 Å². The Bertz CT molecular complexity index is 1630. The highest BCUT2D eigenvalue weighted by Crippen LogP contribution is 2.25. The molecule has 0 aliphatic rings. The Morgan fingerprint density at radius 2 is 1.80 bits per heavy atom. The van der Waals surface area contributed by atoms with Gasteiger partial charge in [0.25, 0.3) is 5.56 Å². The average Bonchev–Trinajstić information content (AvgIpc) is 3.21. The summed E-state index contributed by atoms with van der Waals surface area (Å²) in [5, 5.41) is 5.03. The van der Waals surface area contributed by atoms with Crippen LogP contribution < -0.4 is 10.3 Å². The molecular formula is C26H19ClF2N4O2. The second-order valence-corrected chi connectivity index (χ2v) is 8.47. The van der Waals surface area contributed by atoms with E-state index in [-0.39, 0.29) is 23.4 Å². The fourth-order valence-electron chi connectivity index (χ4n) is 3.88. The van der Waals surface area contributed by atoms with Crippen LogP contribution in [0.4, 0.5) is 8.78 Å². The fourth-order valence-corrected chi connectivity index (χ4v) is 4.01. The molecule has 3 heterocycles. The fraction of sp³-hybridized carbons (Fsp3) is 0.115. The molecule has 0 radical (unpaired) electrons. The predicted molar refractivity (Wildman–Crippen MR) is 129 cm³/mol. The molecule has 176 valence electrons. The quantitative estimate of drug-likeness (QED) is 0.317. The Hall–Kier alpha value is -4.04. The van der Waals surface area contributed by atoms with Gasteiger partial charge in [-0.25, -0.2) is 18.4 Å². The van der Waals surface area contributed by atoms with Crippen molar-refractivity contribution in [3.05, 3.63) is 111 Å². The second kappa shape index (κ2) is 8.96. The van der Waals surface area contributed by atoms with Crippen LogP contribution in [0.5, 0.6) is 5.75 Å². The molecule has 2 aromatic carbocycles. The molecule has 0 atom stereocenters. The van der Waals surface area contributed by atoms with E-state index in [0.717, 1.165) is 23.8 Å². The molecule has 6 nitrogen and oxygen atoms in total. The number of ether oxygens (including phenoxy) is 1. The second-order valence-electron chi connectivity index (χ2n) is 8.04. The maximum atomic E-state index is 14.3. The van der Waals surface area contributed by atoms with E-state index in [1.165, 1.54) is 9.08 Å². The summed E-state index contributed by atoms with van der Waals surface area (Å²) in [6.07, 6.45) is 1.60. The topological polar surface area (TPSA) is 61.4 Å². The lowest BCUT2D eigenvalue weighted by atomic mass is 10.1. The summed E-state index contributed by atoms with van der Waals surface area (Å²) >= 11 is 5.94. The van der Waals surface area contributed by atoms with E-state index in [4.69, 9.17) is 16.3 Å². The minimum absolute atomic E-state index is 0.0434. The van der Waals surface area contributed by atoms with Crippen molar-refractivity contribution in [2.75, 3.05) is 0 Å². The van der Waals surface area contributed by atoms with Crippen LogP contribution in [0.15, 0.2) is 71.7 Å². The summed E-state index contributed by atoms with van der Waals surface area (Å²) in [6.45, 7) is 3.67. The van der Waals surface area contributed by atoms with E-state index in [1.807, 2.05) is 12.1 Å². The smallest absolute Gasteiger partial charge is 0.267 e. The molecule has 5 rings (SSSR count). The van der Waals surface area contributed by atoms with Crippen LogP contribution in [-0.4, -0.2) is 19.2 Å². The third kappa shape index (κ3) is 4.28. The highest BCUT2D eigenvalue weighted by molar-refractivity contribution is 6.30. The summed E-state index contributed by atoms with van der Waals surface area (Å²) in [6, 6.07) is 15.5. The lowest BCUT2D eigenvalue weighted by Crippen LogP contribution is -2.19. The number of aromatic nitrogens is 4. The van der Waals surface area contributed by atoms with Crippen molar-refractivity contribution in [3.8, 4) is 22.7 Å². The van der Waals surface area contributed by atoms with Crippen molar-refractivity contribution in [2.45, 2.75) is 20.5 Å². The van der Waals surface area contributed by atoms with Crippen molar-refractivity contribution in [1.82, 2.24) is 19.2 Å². The van der Waals surface area contributed by atoms with Gasteiger partial charge < -0.3 is 4.74 Å². The number of halogens is 3. The summed E-state index contributed by atoms with van der Waals surface area (Å²) in [7, 11) is 0. The van der Waals surface area contributed by atoms with Gasteiger partial charge in [0, 0.05) is 23.0 Å². The zero-order valence-electron chi connectivity index (χ0n) is 18.8. The average molecular weight is 493 g/mol. The van der Waals surface area contributed by atoms with Gasteiger partial charge in [-0.3, -0.25) is 9.20 Å². The number of pyridine rings is 1. The summed E-state index contributed by atoms with van der Waals surface area (Å²) in [4.78, 5) is 18.1. The van der Waals surface area contributed by atoms with Crippen molar-refractivity contribution >= 4 is 17.2 Å². The van der Waals surface area contributed by atoms with E-state index < -0.39 is 11.6 Å². The Balaban J connectivity index is 1.56. The van der Waals surface area contributed by atoms with Gasteiger partial charge in [-0.15, -0.1) is 0 Å². The third-order valence-corrected chi connectivity index (χ3v) is 5.84. The minimum atomic E-state index is -0.628. The standard InChI is InChI=1S/C26H19ClF2N4O2/c1-15-12-21(31-33(15)22-13-19(28)9-10-20(22)29)24-16(2)30-25-23(4-3-11-32(25)26(24)34)35-14-17-5-7-18(27)8-6-17/h3-13H,14H2,1-2H3. The van der Waals surface area contributed by atoms with Gasteiger partial charge in [-0.05, 0) is 61.9 Å². The van der Waals surface area contributed by atoms with Crippen molar-refractivity contribution in [2.24, 2.45) is 0 Å². The van der Waals surface area contributed by atoms with Crippen LogP contribution in [0.1, 0.15) is 17.0 Å². The van der Waals surface area contributed by atoms with Gasteiger partial charge in [0.15, 0.2) is 11.4 Å². The largest absolute Gasteiger partial charge is 0.485 e. The van der Waals surface area contributed by atoms with Crippen LogP contribution in [0.2, 0.25) is 5.02 Å². The van der Waals surface area contributed by atoms with Crippen LogP contribution in [0.3, 0.4) is 0 Å². The number of nitrogens with zero attached hydrogens (tertiary/aromatic N) is 4. The highest BCUT2D eigenvalue weighted by Gasteiger charge is 2.19. The number of hydrogen-bond acceptors (Lipinski definition) is 4. The Morgan fingerprint density at radius 1 is 1.03 bits per heavy atom. The first-order valence-corrected chi connectivity index (χ1v) is 11.1. The van der Waals surface area contributed by atoms with E-state index in [9.17, 15) is 13.6 Å². The summed E-state index contributed by atoms with van der Waals surface area (Å²) < 4.78 is 36.7. The Labute approximate surface area is 204 Å². The molecule has 0 aliphatic heterocycles. The lowest BCUT2D eigenvalue weighted by Gasteiger charge is -2.12. The molecule has 0 aliphatic carbocycles. The van der Waals surface area contributed by atoms with Gasteiger partial charge >= 0.3 is 0 Å². The molecule has 0 N–H and O–H groups in total. The van der Waals surface area contributed by atoms with Crippen molar-refractivity contribution in [1.29, 1.82) is 0 Å². The first-order chi connectivity index (χ1) is 16.8. The molecule has 3 aromatic heterocycles. The number of benzene rings is 2. The molecule has 5 aromatic rings. The molecule has 0 spiro atoms. The van der Waals surface area contributed by atoms with E-state index >= 15 is 0 Å². The van der Waals surface area contributed by atoms with Gasteiger partial charge in [0.05, 0.1) is 11.3 Å². The molecule has 35 heavy (non-hydrogen) atoms. The number of fused-ring (bicyclic) bond motifs is 1. The minimum Gasteiger partial charge on any atom is -0.485 e. The van der Waals surface area contributed by atoms with Crippen LogP contribution in [-0.2, 0) is 6.61 Å². The monoisotopic (exact) mass is 492 g/mol. The van der Waals surface area contributed by atoms with Crippen LogP contribution in [0, 0.1) is 25.5 Å². The molecule has 0 fully saturated rings. The van der Waals surface area contributed by atoms with E-state index in [2.05, 4.69) is 10.1 Å². The van der Waals surface area contributed by atoms with Gasteiger partial charge in [-0.1, -0.05) is 23.7 Å². The summed E-state index contributed by atoms with van der Waals surface area (Å²) in [5.74, 6) is -0.776. The molecule has 0 saturated carbocycles. The summed E-state index contributed by atoms with van der Waals surface area (Å²) in [5.41, 5.74) is 2.42. The predicted octanol–water partition coefficient (Wildman–Crippen LogP) is 5.67. The molecule has 9 heteroatoms. The van der Waals surface area contributed by atoms with Crippen LogP contribution >= 0.6 is 11.6 Å². The molecule has 0 amide bonds. The molecule has 0 saturated heterocycles.